The minimum Gasteiger partial charge on any atom is -0.450 e. The second kappa shape index (κ2) is 12.0. The van der Waals surface area contributed by atoms with E-state index in [9.17, 15) is 4.79 Å². The minimum absolute atomic E-state index is 0.147. The fourth-order valence-corrected chi connectivity index (χ4v) is 4.06. The molecule has 0 aromatic rings. The largest absolute Gasteiger partial charge is 0.503 e. The van der Waals surface area contributed by atoms with Crippen molar-refractivity contribution in [3.05, 3.63) is 0 Å². The quantitative estimate of drug-likeness (QED) is 0.592. The summed E-state index contributed by atoms with van der Waals surface area (Å²) in [5.41, 5.74) is 0. The second-order valence-corrected chi connectivity index (χ2v) is 7.78. The number of carbonyl (C=O) groups excluding carboxylic acids is 1. The molecule has 3 fully saturated rings. The highest BCUT2D eigenvalue weighted by Gasteiger charge is 2.26. The van der Waals surface area contributed by atoms with Gasteiger partial charge >= 0.3 is 12.2 Å². The van der Waals surface area contributed by atoms with Crippen molar-refractivity contribution in [3.63, 3.8) is 0 Å². The smallest absolute Gasteiger partial charge is 0.450 e. The predicted octanol–water partition coefficient (Wildman–Crippen LogP) is 2.73. The van der Waals surface area contributed by atoms with E-state index in [0.29, 0.717) is 12.1 Å². The summed E-state index contributed by atoms with van der Waals surface area (Å²) in [7, 11) is 0. The van der Waals surface area contributed by atoms with E-state index >= 15 is 0 Å². The Balaban J connectivity index is 0.000000596. The van der Waals surface area contributed by atoms with E-state index < -0.39 is 6.16 Å². The van der Waals surface area contributed by atoms with Crippen LogP contribution in [-0.2, 0) is 4.74 Å². The number of nitrogens with one attached hydrogen (secondary N) is 2. The molecule has 2 saturated heterocycles. The summed E-state index contributed by atoms with van der Waals surface area (Å²) >= 11 is 0. The van der Waals surface area contributed by atoms with Gasteiger partial charge in [-0.3, -0.25) is 0 Å². The summed E-state index contributed by atoms with van der Waals surface area (Å²) < 4.78 is 6.11. The molecule has 0 atom stereocenters. The number of amides is 2. The van der Waals surface area contributed by atoms with Gasteiger partial charge in [0.15, 0.2) is 0 Å². The molecule has 0 spiro atoms. The zero-order chi connectivity index (χ0) is 19.5. The van der Waals surface area contributed by atoms with Gasteiger partial charge in [-0.1, -0.05) is 19.3 Å². The second-order valence-electron chi connectivity index (χ2n) is 7.78. The summed E-state index contributed by atoms with van der Waals surface area (Å²) in [6, 6.07) is 0.554. The van der Waals surface area contributed by atoms with Gasteiger partial charge in [-0.2, -0.15) is 0 Å². The van der Waals surface area contributed by atoms with E-state index in [0.717, 1.165) is 64.4 Å². The molecule has 27 heavy (non-hydrogen) atoms. The Morgan fingerprint density at radius 3 is 2.15 bits per heavy atom. The Morgan fingerprint density at radius 2 is 1.56 bits per heavy atom. The molecule has 4 N–H and O–H groups in total. The lowest BCUT2D eigenvalue weighted by Crippen LogP contribution is -2.49. The molecule has 3 aliphatic rings. The van der Waals surface area contributed by atoms with Gasteiger partial charge in [0.2, 0.25) is 0 Å². The van der Waals surface area contributed by atoms with Gasteiger partial charge in [-0.05, 0) is 57.5 Å². The number of carboxylic acid groups (broad SMARTS) is 2. The Labute approximate surface area is 161 Å². The molecule has 2 heterocycles. The third kappa shape index (κ3) is 8.79. The topological polar surface area (TPSA) is 111 Å². The van der Waals surface area contributed by atoms with Gasteiger partial charge in [0.25, 0.3) is 0 Å². The molecule has 0 aromatic heterocycles. The SMILES string of the molecule is O=C(NC1CCCCC1)N1CCC(OCC2CCNCC2)CC1.O=C(O)O. The van der Waals surface area contributed by atoms with Crippen molar-refractivity contribution in [2.75, 3.05) is 32.8 Å². The van der Waals surface area contributed by atoms with Crippen LogP contribution in [0.3, 0.4) is 0 Å². The van der Waals surface area contributed by atoms with Crippen LogP contribution >= 0.6 is 0 Å². The summed E-state index contributed by atoms with van der Waals surface area (Å²) in [6.45, 7) is 4.85. The summed E-state index contributed by atoms with van der Waals surface area (Å²) in [4.78, 5) is 22.9. The first-order valence-corrected chi connectivity index (χ1v) is 10.3. The van der Waals surface area contributed by atoms with Crippen LogP contribution in [0.2, 0.25) is 0 Å². The minimum atomic E-state index is -1.83. The molecule has 1 aliphatic carbocycles. The Bertz CT molecular complexity index is 439. The van der Waals surface area contributed by atoms with Crippen molar-refractivity contribution in [1.82, 2.24) is 15.5 Å². The number of urea groups is 1. The zero-order valence-corrected chi connectivity index (χ0v) is 16.2. The first-order valence-electron chi connectivity index (χ1n) is 10.3. The van der Waals surface area contributed by atoms with Crippen LogP contribution < -0.4 is 10.6 Å². The average molecular weight is 386 g/mol. The van der Waals surface area contributed by atoms with E-state index in [1.807, 2.05) is 4.90 Å². The van der Waals surface area contributed by atoms with Crippen LogP contribution in [0.25, 0.3) is 0 Å². The monoisotopic (exact) mass is 385 g/mol. The molecule has 2 amide bonds. The van der Waals surface area contributed by atoms with Gasteiger partial charge in [0, 0.05) is 25.7 Å². The maximum atomic E-state index is 12.3. The first kappa shape index (κ1) is 21.8. The van der Waals surface area contributed by atoms with Gasteiger partial charge in [-0.15, -0.1) is 0 Å². The molecule has 8 nitrogen and oxygen atoms in total. The van der Waals surface area contributed by atoms with E-state index in [1.54, 1.807) is 0 Å². The maximum absolute atomic E-state index is 12.3. The first-order chi connectivity index (χ1) is 13.0. The van der Waals surface area contributed by atoms with Crippen molar-refractivity contribution < 1.29 is 24.5 Å². The van der Waals surface area contributed by atoms with E-state index in [2.05, 4.69) is 10.6 Å². The van der Waals surface area contributed by atoms with Gasteiger partial charge in [0.1, 0.15) is 0 Å². The highest BCUT2D eigenvalue weighted by atomic mass is 16.6. The number of carbonyl (C=O) groups is 2. The number of likely N-dealkylation sites (tertiary alicyclic amines) is 1. The molecule has 8 heteroatoms. The molecule has 0 aromatic carbocycles. The maximum Gasteiger partial charge on any atom is 0.503 e. The molecule has 2 aliphatic heterocycles. The van der Waals surface area contributed by atoms with E-state index in [4.69, 9.17) is 19.7 Å². The van der Waals surface area contributed by atoms with Crippen molar-refractivity contribution in [1.29, 1.82) is 0 Å². The molecular formula is C19H35N3O5. The van der Waals surface area contributed by atoms with Crippen molar-refractivity contribution in [2.45, 2.75) is 69.9 Å². The zero-order valence-electron chi connectivity index (χ0n) is 16.2. The molecule has 0 unspecified atom stereocenters. The standard InChI is InChI=1S/C18H33N3O2.CH2O3/c22-18(20-16-4-2-1-3-5-16)21-12-8-17(9-13-21)23-14-15-6-10-19-11-7-15;2-1(3)4/h15-17,19H,1-14H2,(H,20,22);(H2,2,3,4). The molecule has 0 bridgehead atoms. The fraction of sp³-hybridized carbons (Fsp3) is 0.895. The van der Waals surface area contributed by atoms with Crippen molar-refractivity contribution in [3.8, 4) is 0 Å². The van der Waals surface area contributed by atoms with Crippen LogP contribution in [-0.4, -0.2) is 72.2 Å². The molecule has 3 rings (SSSR count). The van der Waals surface area contributed by atoms with Crippen molar-refractivity contribution in [2.24, 2.45) is 5.92 Å². The Kier molecular flexibility index (Phi) is 9.69. The third-order valence-corrected chi connectivity index (χ3v) is 5.69. The number of nitrogens with zero attached hydrogens (tertiary/aromatic N) is 1. The lowest BCUT2D eigenvalue weighted by molar-refractivity contribution is -0.00773. The Hall–Kier alpha value is -1.54. The number of hydrogen-bond donors (Lipinski definition) is 4. The van der Waals surface area contributed by atoms with Gasteiger partial charge in [0.05, 0.1) is 6.10 Å². The van der Waals surface area contributed by atoms with Crippen LogP contribution in [0.1, 0.15) is 57.8 Å². The lowest BCUT2D eigenvalue weighted by atomic mass is 9.95. The number of rotatable bonds is 4. The summed E-state index contributed by atoms with van der Waals surface area (Å²) in [5.74, 6) is 0.726. The van der Waals surface area contributed by atoms with Gasteiger partial charge in [-0.25, -0.2) is 9.59 Å². The summed E-state index contributed by atoms with van der Waals surface area (Å²) in [6.07, 6.45) is 9.13. The van der Waals surface area contributed by atoms with E-state index in [-0.39, 0.29) is 6.03 Å². The highest BCUT2D eigenvalue weighted by Crippen LogP contribution is 2.20. The average Bonchev–Trinajstić information content (AvgIpc) is 2.68. The van der Waals surface area contributed by atoms with Gasteiger partial charge < -0.3 is 30.5 Å². The van der Waals surface area contributed by atoms with Crippen LogP contribution in [0.4, 0.5) is 9.59 Å². The fourth-order valence-electron chi connectivity index (χ4n) is 4.06. The molecule has 1 saturated carbocycles. The normalized spacial score (nSPS) is 22.6. The van der Waals surface area contributed by atoms with Crippen molar-refractivity contribution >= 4 is 12.2 Å². The van der Waals surface area contributed by atoms with Crippen LogP contribution in [0, 0.1) is 5.92 Å². The summed E-state index contributed by atoms with van der Waals surface area (Å²) in [5, 5.41) is 20.6. The Morgan fingerprint density at radius 1 is 0.963 bits per heavy atom. The van der Waals surface area contributed by atoms with Crippen LogP contribution in [0.15, 0.2) is 0 Å². The highest BCUT2D eigenvalue weighted by molar-refractivity contribution is 5.74. The van der Waals surface area contributed by atoms with E-state index in [1.165, 1.54) is 32.1 Å². The lowest BCUT2D eigenvalue weighted by Gasteiger charge is -2.34. The molecule has 0 radical (unpaired) electrons. The van der Waals surface area contributed by atoms with Crippen LogP contribution in [0.5, 0.6) is 0 Å². The molecular weight excluding hydrogens is 350 g/mol. The molecule has 156 valence electrons. The predicted molar refractivity (Wildman–Crippen MR) is 102 cm³/mol. The number of ether oxygens (including phenoxy) is 1. The number of hydrogen-bond acceptors (Lipinski definition) is 4. The number of piperidine rings is 2. The third-order valence-electron chi connectivity index (χ3n) is 5.69.